The van der Waals surface area contributed by atoms with E-state index in [4.69, 9.17) is 11.6 Å². The molecule has 0 radical (unpaired) electrons. The van der Waals surface area contributed by atoms with Gasteiger partial charge in [0, 0.05) is 42.9 Å². The molecule has 28 heavy (non-hydrogen) atoms. The van der Waals surface area contributed by atoms with E-state index in [1.807, 2.05) is 17.0 Å². The first-order valence-corrected chi connectivity index (χ1v) is 9.06. The minimum Gasteiger partial charge on any atom is -0.368 e. The van der Waals surface area contributed by atoms with Crippen molar-refractivity contribution in [3.05, 3.63) is 63.5 Å². The molecule has 1 saturated heterocycles. The molecule has 0 spiro atoms. The molecule has 1 aliphatic rings. The first kappa shape index (κ1) is 18.6. The number of benzene rings is 2. The molecule has 0 bridgehead atoms. The summed E-state index contributed by atoms with van der Waals surface area (Å²) in [6.45, 7) is 2.44. The van der Waals surface area contributed by atoms with Crippen LogP contribution >= 0.6 is 11.6 Å². The number of rotatable bonds is 2. The molecule has 0 atom stereocenters. The van der Waals surface area contributed by atoms with Gasteiger partial charge >= 0.3 is 6.18 Å². The highest BCUT2D eigenvalue weighted by Gasteiger charge is 2.31. The van der Waals surface area contributed by atoms with Gasteiger partial charge in [-0.25, -0.2) is 5.10 Å². The first-order valence-electron chi connectivity index (χ1n) is 8.68. The molecule has 2 aromatic carbocycles. The Hall–Kier alpha value is -2.74. The molecule has 4 rings (SSSR count). The minimum atomic E-state index is -4.35. The maximum atomic E-state index is 12.9. The molecule has 0 amide bonds. The number of halogens is 4. The largest absolute Gasteiger partial charge is 0.416 e. The quantitative estimate of drug-likeness (QED) is 0.698. The SMILES string of the molecule is O=c1[nH]nc(Cl)c2cc(N3CCN(c4cccc(C(F)(F)F)c4)CC3)ccc12. The third kappa shape index (κ3) is 3.52. The molecule has 1 fully saturated rings. The van der Waals surface area contributed by atoms with Gasteiger partial charge in [-0.1, -0.05) is 17.7 Å². The number of aromatic amines is 1. The van der Waals surface area contributed by atoms with Crippen LogP contribution in [-0.4, -0.2) is 36.4 Å². The lowest BCUT2D eigenvalue weighted by atomic mass is 10.1. The van der Waals surface area contributed by atoms with Crippen LogP contribution in [-0.2, 0) is 6.18 Å². The number of fused-ring (bicyclic) bond motifs is 1. The Morgan fingerprint density at radius 2 is 1.57 bits per heavy atom. The average molecular weight is 409 g/mol. The number of piperazine rings is 1. The van der Waals surface area contributed by atoms with Crippen molar-refractivity contribution in [2.24, 2.45) is 0 Å². The maximum Gasteiger partial charge on any atom is 0.416 e. The first-order chi connectivity index (χ1) is 13.3. The molecule has 3 aromatic rings. The molecule has 0 saturated carbocycles. The summed E-state index contributed by atoms with van der Waals surface area (Å²) in [5, 5.41) is 7.38. The monoisotopic (exact) mass is 408 g/mol. The minimum absolute atomic E-state index is 0.221. The van der Waals surface area contributed by atoms with E-state index in [1.165, 1.54) is 12.1 Å². The molecule has 146 valence electrons. The predicted octanol–water partition coefficient (Wildman–Crippen LogP) is 3.92. The van der Waals surface area contributed by atoms with E-state index in [0.717, 1.165) is 11.8 Å². The van der Waals surface area contributed by atoms with E-state index in [-0.39, 0.29) is 10.7 Å². The van der Waals surface area contributed by atoms with Gasteiger partial charge in [0.2, 0.25) is 0 Å². The van der Waals surface area contributed by atoms with Crippen molar-refractivity contribution in [3.8, 4) is 0 Å². The summed E-state index contributed by atoms with van der Waals surface area (Å²) in [7, 11) is 0. The second kappa shape index (κ2) is 7.01. The van der Waals surface area contributed by atoms with Gasteiger partial charge in [0.15, 0.2) is 5.15 Å². The van der Waals surface area contributed by atoms with Gasteiger partial charge in [0.05, 0.1) is 10.9 Å². The number of aromatic nitrogens is 2. The van der Waals surface area contributed by atoms with Crippen LogP contribution in [0.1, 0.15) is 5.56 Å². The molecule has 1 aromatic heterocycles. The molecule has 5 nitrogen and oxygen atoms in total. The molecule has 1 N–H and O–H groups in total. The van der Waals surface area contributed by atoms with Crippen LogP contribution in [0.3, 0.4) is 0 Å². The number of anilines is 2. The molecular weight excluding hydrogens is 393 g/mol. The Kier molecular flexibility index (Phi) is 4.66. The zero-order valence-electron chi connectivity index (χ0n) is 14.6. The normalized spacial score (nSPS) is 15.3. The third-order valence-electron chi connectivity index (χ3n) is 4.91. The summed E-state index contributed by atoms with van der Waals surface area (Å²) in [6, 6.07) is 10.8. The Balaban J connectivity index is 1.53. The molecule has 0 aliphatic carbocycles. The maximum absolute atomic E-state index is 12.9. The molecule has 0 unspecified atom stereocenters. The molecule has 2 heterocycles. The van der Waals surface area contributed by atoms with Crippen LogP contribution in [0.5, 0.6) is 0 Å². The summed E-state index contributed by atoms with van der Waals surface area (Å²) in [5.74, 6) is 0. The van der Waals surface area contributed by atoms with Gasteiger partial charge in [-0.05, 0) is 36.4 Å². The highest BCUT2D eigenvalue weighted by molar-refractivity contribution is 6.34. The van der Waals surface area contributed by atoms with Crippen LogP contribution in [0.15, 0.2) is 47.3 Å². The topological polar surface area (TPSA) is 52.2 Å². The molecule has 1 aliphatic heterocycles. The van der Waals surface area contributed by atoms with Gasteiger partial charge in [-0.2, -0.15) is 18.3 Å². The summed E-state index contributed by atoms with van der Waals surface area (Å²) in [6.07, 6.45) is -4.35. The van der Waals surface area contributed by atoms with Gasteiger partial charge in [0.25, 0.3) is 5.56 Å². The lowest BCUT2D eigenvalue weighted by molar-refractivity contribution is -0.137. The number of H-pyrrole nitrogens is 1. The van der Waals surface area contributed by atoms with Crippen molar-refractivity contribution in [3.63, 3.8) is 0 Å². The van der Waals surface area contributed by atoms with Crippen molar-refractivity contribution in [1.82, 2.24) is 10.2 Å². The Bertz CT molecular complexity index is 1070. The fraction of sp³-hybridized carbons (Fsp3) is 0.263. The standard InChI is InChI=1S/C19H16ClF3N4O/c20-17-16-11-14(4-5-15(16)18(28)25-24-17)27-8-6-26(7-9-27)13-3-1-2-12(10-13)19(21,22)23/h1-5,10-11H,6-9H2,(H,25,28). The van der Waals surface area contributed by atoms with Crippen molar-refractivity contribution in [2.75, 3.05) is 36.0 Å². The Labute approximate surface area is 163 Å². The fourth-order valence-corrected chi connectivity index (χ4v) is 3.62. The van der Waals surface area contributed by atoms with Gasteiger partial charge in [0.1, 0.15) is 0 Å². The van der Waals surface area contributed by atoms with Crippen LogP contribution in [0.4, 0.5) is 24.5 Å². The fourth-order valence-electron chi connectivity index (χ4n) is 3.42. The number of nitrogens with one attached hydrogen (secondary N) is 1. The van der Waals surface area contributed by atoms with E-state index in [2.05, 4.69) is 15.1 Å². The number of alkyl halides is 3. The van der Waals surface area contributed by atoms with Crippen LogP contribution < -0.4 is 15.4 Å². The summed E-state index contributed by atoms with van der Waals surface area (Å²) in [4.78, 5) is 15.9. The van der Waals surface area contributed by atoms with E-state index < -0.39 is 11.7 Å². The zero-order chi connectivity index (χ0) is 19.9. The third-order valence-corrected chi connectivity index (χ3v) is 5.20. The van der Waals surface area contributed by atoms with E-state index >= 15 is 0 Å². The van der Waals surface area contributed by atoms with Gasteiger partial charge < -0.3 is 9.80 Å². The van der Waals surface area contributed by atoms with Crippen molar-refractivity contribution >= 4 is 33.7 Å². The second-order valence-corrected chi connectivity index (χ2v) is 6.95. The lowest BCUT2D eigenvalue weighted by Gasteiger charge is -2.37. The number of hydrogen-bond donors (Lipinski definition) is 1. The molecular formula is C19H16ClF3N4O. The van der Waals surface area contributed by atoms with Crippen LogP contribution in [0.2, 0.25) is 5.15 Å². The smallest absolute Gasteiger partial charge is 0.368 e. The highest BCUT2D eigenvalue weighted by Crippen LogP contribution is 2.32. The Morgan fingerprint density at radius 3 is 2.21 bits per heavy atom. The highest BCUT2D eigenvalue weighted by atomic mass is 35.5. The summed E-state index contributed by atoms with van der Waals surface area (Å²) < 4.78 is 38.8. The lowest BCUT2D eigenvalue weighted by Crippen LogP contribution is -2.46. The van der Waals surface area contributed by atoms with Crippen molar-refractivity contribution in [1.29, 1.82) is 0 Å². The van der Waals surface area contributed by atoms with Crippen LogP contribution in [0, 0.1) is 0 Å². The van der Waals surface area contributed by atoms with Gasteiger partial charge in [-0.15, -0.1) is 0 Å². The van der Waals surface area contributed by atoms with Crippen molar-refractivity contribution < 1.29 is 13.2 Å². The summed E-state index contributed by atoms with van der Waals surface area (Å²) >= 11 is 6.09. The average Bonchev–Trinajstić information content (AvgIpc) is 2.70. The van der Waals surface area contributed by atoms with Crippen LogP contribution in [0.25, 0.3) is 10.8 Å². The van der Waals surface area contributed by atoms with E-state index in [0.29, 0.717) is 42.6 Å². The zero-order valence-corrected chi connectivity index (χ0v) is 15.4. The second-order valence-electron chi connectivity index (χ2n) is 6.60. The van der Waals surface area contributed by atoms with Crippen molar-refractivity contribution in [2.45, 2.75) is 6.18 Å². The van der Waals surface area contributed by atoms with E-state index in [1.54, 1.807) is 12.1 Å². The predicted molar refractivity (Wildman–Crippen MR) is 103 cm³/mol. The number of nitrogens with zero attached hydrogens (tertiary/aromatic N) is 3. The molecule has 9 heteroatoms. The van der Waals surface area contributed by atoms with E-state index in [9.17, 15) is 18.0 Å². The Morgan fingerprint density at radius 1 is 0.929 bits per heavy atom. The summed E-state index contributed by atoms with van der Waals surface area (Å²) in [5.41, 5.74) is 0.506. The van der Waals surface area contributed by atoms with Gasteiger partial charge in [-0.3, -0.25) is 4.79 Å². The number of hydrogen-bond acceptors (Lipinski definition) is 4.